The number of benzene rings is 1. The first-order valence-electron chi connectivity index (χ1n) is 5.34. The minimum absolute atomic E-state index is 0.186. The predicted octanol–water partition coefficient (Wildman–Crippen LogP) is 1.66. The summed E-state index contributed by atoms with van der Waals surface area (Å²) in [7, 11) is 1.40. The summed E-state index contributed by atoms with van der Waals surface area (Å²) in [5.41, 5.74) is 7.43. The maximum Gasteiger partial charge on any atom is 0.307 e. The molecule has 0 heterocycles. The van der Waals surface area contributed by atoms with Crippen molar-refractivity contribution >= 4 is 17.3 Å². The molecular weight excluding hydrogens is 204 g/mol. The number of nitrogens with zero attached hydrogens (tertiary/aromatic N) is 1. The first kappa shape index (κ1) is 12.4. The minimum atomic E-state index is -0.186. The van der Waals surface area contributed by atoms with E-state index < -0.39 is 0 Å². The van der Waals surface area contributed by atoms with Gasteiger partial charge < -0.3 is 15.4 Å². The van der Waals surface area contributed by atoms with Gasteiger partial charge in [-0.25, -0.2) is 0 Å². The first-order valence-corrected chi connectivity index (χ1v) is 5.34. The van der Waals surface area contributed by atoms with E-state index in [2.05, 4.69) is 9.64 Å². The fourth-order valence-corrected chi connectivity index (χ4v) is 1.48. The number of hydrogen-bond donors (Lipinski definition) is 1. The summed E-state index contributed by atoms with van der Waals surface area (Å²) >= 11 is 0. The third kappa shape index (κ3) is 3.46. The Morgan fingerprint density at radius 2 is 2.00 bits per heavy atom. The van der Waals surface area contributed by atoms with E-state index in [1.165, 1.54) is 7.11 Å². The number of anilines is 2. The van der Waals surface area contributed by atoms with Gasteiger partial charge in [-0.3, -0.25) is 4.79 Å². The normalized spacial score (nSPS) is 9.88. The summed E-state index contributed by atoms with van der Waals surface area (Å²) in [4.78, 5) is 13.2. The minimum Gasteiger partial charge on any atom is -0.469 e. The zero-order valence-electron chi connectivity index (χ0n) is 9.77. The molecule has 0 fully saturated rings. The highest BCUT2D eigenvalue weighted by atomic mass is 16.5. The molecule has 0 aliphatic carbocycles. The van der Waals surface area contributed by atoms with Crippen LogP contribution in [-0.4, -0.2) is 26.2 Å². The highest BCUT2D eigenvalue weighted by Gasteiger charge is 2.07. The van der Waals surface area contributed by atoms with Crippen molar-refractivity contribution in [1.82, 2.24) is 0 Å². The summed E-state index contributed by atoms with van der Waals surface area (Å²) < 4.78 is 4.61. The molecule has 1 aromatic rings. The quantitative estimate of drug-likeness (QED) is 0.608. The standard InChI is InChI=1S/C12H18N2O2/c1-3-14(9-8-12(15)16-2)11-6-4-10(13)5-7-11/h4-7H,3,8-9,13H2,1-2H3. The summed E-state index contributed by atoms with van der Waals surface area (Å²) in [5, 5.41) is 0. The SMILES string of the molecule is CCN(CCC(=O)OC)c1ccc(N)cc1. The van der Waals surface area contributed by atoms with E-state index in [0.717, 1.165) is 17.9 Å². The third-order valence-corrected chi connectivity index (χ3v) is 2.45. The van der Waals surface area contributed by atoms with Gasteiger partial charge in [0.25, 0.3) is 0 Å². The number of nitrogen functional groups attached to an aromatic ring is 1. The van der Waals surface area contributed by atoms with Gasteiger partial charge in [-0.2, -0.15) is 0 Å². The van der Waals surface area contributed by atoms with Gasteiger partial charge in [0.15, 0.2) is 0 Å². The van der Waals surface area contributed by atoms with Crippen molar-refractivity contribution in [3.8, 4) is 0 Å². The van der Waals surface area contributed by atoms with Crippen LogP contribution in [-0.2, 0) is 9.53 Å². The molecule has 0 aromatic heterocycles. The maximum absolute atomic E-state index is 11.0. The Kier molecular flexibility index (Phi) is 4.64. The Hall–Kier alpha value is -1.71. The highest BCUT2D eigenvalue weighted by Crippen LogP contribution is 2.16. The van der Waals surface area contributed by atoms with E-state index in [0.29, 0.717) is 13.0 Å². The van der Waals surface area contributed by atoms with E-state index in [9.17, 15) is 4.79 Å². The fraction of sp³-hybridized carbons (Fsp3) is 0.417. The second kappa shape index (κ2) is 6.00. The molecule has 16 heavy (non-hydrogen) atoms. The van der Waals surface area contributed by atoms with Gasteiger partial charge in [-0.15, -0.1) is 0 Å². The summed E-state index contributed by atoms with van der Waals surface area (Å²) in [6.45, 7) is 3.56. The van der Waals surface area contributed by atoms with Crippen molar-refractivity contribution in [3.05, 3.63) is 24.3 Å². The Morgan fingerprint density at radius 3 is 2.50 bits per heavy atom. The largest absolute Gasteiger partial charge is 0.469 e. The summed E-state index contributed by atoms with van der Waals surface area (Å²) in [6.07, 6.45) is 0.398. The van der Waals surface area contributed by atoms with Crippen molar-refractivity contribution in [2.24, 2.45) is 0 Å². The van der Waals surface area contributed by atoms with Crippen LogP contribution in [0, 0.1) is 0 Å². The van der Waals surface area contributed by atoms with Crippen LogP contribution in [0.3, 0.4) is 0 Å². The number of methoxy groups -OCH3 is 1. The number of carbonyl (C=O) groups is 1. The molecule has 88 valence electrons. The molecular formula is C12H18N2O2. The average Bonchev–Trinajstić information content (AvgIpc) is 2.31. The first-order chi connectivity index (χ1) is 7.67. The van der Waals surface area contributed by atoms with E-state index in [-0.39, 0.29) is 5.97 Å². The zero-order chi connectivity index (χ0) is 12.0. The number of carbonyl (C=O) groups excluding carboxylic acids is 1. The Balaban J connectivity index is 2.60. The Labute approximate surface area is 96.0 Å². The number of rotatable bonds is 5. The lowest BCUT2D eigenvalue weighted by Crippen LogP contribution is -2.26. The Bertz CT molecular complexity index is 335. The average molecular weight is 222 g/mol. The van der Waals surface area contributed by atoms with Gasteiger partial charge in [0.2, 0.25) is 0 Å². The van der Waals surface area contributed by atoms with Crippen molar-refractivity contribution in [2.75, 3.05) is 30.8 Å². The van der Waals surface area contributed by atoms with Gasteiger partial charge in [-0.1, -0.05) is 0 Å². The summed E-state index contributed by atoms with van der Waals surface area (Å²) in [6, 6.07) is 7.62. The highest BCUT2D eigenvalue weighted by molar-refractivity contribution is 5.70. The van der Waals surface area contributed by atoms with Crippen molar-refractivity contribution in [3.63, 3.8) is 0 Å². The fourth-order valence-electron chi connectivity index (χ4n) is 1.48. The lowest BCUT2D eigenvalue weighted by molar-refractivity contribution is -0.140. The van der Waals surface area contributed by atoms with Gasteiger partial charge in [0, 0.05) is 24.5 Å². The molecule has 0 aliphatic heterocycles. The molecule has 0 spiro atoms. The van der Waals surface area contributed by atoms with E-state index in [1.807, 2.05) is 31.2 Å². The lowest BCUT2D eigenvalue weighted by Gasteiger charge is -2.22. The number of esters is 1. The predicted molar refractivity (Wildman–Crippen MR) is 65.4 cm³/mol. The molecule has 2 N–H and O–H groups in total. The molecule has 0 aliphatic rings. The lowest BCUT2D eigenvalue weighted by atomic mass is 10.2. The molecule has 0 radical (unpaired) electrons. The van der Waals surface area contributed by atoms with Gasteiger partial charge in [0.1, 0.15) is 0 Å². The molecule has 1 rings (SSSR count). The van der Waals surface area contributed by atoms with Crippen LogP contribution >= 0.6 is 0 Å². The monoisotopic (exact) mass is 222 g/mol. The van der Waals surface area contributed by atoms with Gasteiger partial charge in [-0.05, 0) is 31.2 Å². The van der Waals surface area contributed by atoms with Crippen LogP contribution in [0.5, 0.6) is 0 Å². The molecule has 1 aromatic carbocycles. The summed E-state index contributed by atoms with van der Waals surface area (Å²) in [5.74, 6) is -0.186. The zero-order valence-corrected chi connectivity index (χ0v) is 9.77. The number of ether oxygens (including phenoxy) is 1. The van der Waals surface area contributed by atoms with Crippen LogP contribution in [0.2, 0.25) is 0 Å². The van der Waals surface area contributed by atoms with Crippen LogP contribution in [0.15, 0.2) is 24.3 Å². The van der Waals surface area contributed by atoms with Crippen molar-refractivity contribution in [2.45, 2.75) is 13.3 Å². The maximum atomic E-state index is 11.0. The van der Waals surface area contributed by atoms with Gasteiger partial charge >= 0.3 is 5.97 Å². The molecule has 0 saturated carbocycles. The van der Waals surface area contributed by atoms with Crippen LogP contribution in [0.1, 0.15) is 13.3 Å². The molecule has 4 heteroatoms. The number of nitrogens with two attached hydrogens (primary N) is 1. The molecule has 0 saturated heterocycles. The van der Waals surface area contributed by atoms with Crippen molar-refractivity contribution in [1.29, 1.82) is 0 Å². The van der Waals surface area contributed by atoms with Crippen LogP contribution in [0.25, 0.3) is 0 Å². The van der Waals surface area contributed by atoms with Crippen molar-refractivity contribution < 1.29 is 9.53 Å². The van der Waals surface area contributed by atoms with E-state index in [4.69, 9.17) is 5.73 Å². The van der Waals surface area contributed by atoms with Crippen LogP contribution in [0.4, 0.5) is 11.4 Å². The van der Waals surface area contributed by atoms with E-state index in [1.54, 1.807) is 0 Å². The van der Waals surface area contributed by atoms with E-state index >= 15 is 0 Å². The molecule has 0 bridgehead atoms. The van der Waals surface area contributed by atoms with Crippen LogP contribution < -0.4 is 10.6 Å². The van der Waals surface area contributed by atoms with Gasteiger partial charge in [0.05, 0.1) is 13.5 Å². The smallest absolute Gasteiger partial charge is 0.307 e. The second-order valence-corrected chi connectivity index (χ2v) is 3.50. The molecule has 0 unspecified atom stereocenters. The Morgan fingerprint density at radius 1 is 1.38 bits per heavy atom. The molecule has 4 nitrogen and oxygen atoms in total. The number of hydrogen-bond acceptors (Lipinski definition) is 4. The third-order valence-electron chi connectivity index (χ3n) is 2.45. The topological polar surface area (TPSA) is 55.6 Å². The second-order valence-electron chi connectivity index (χ2n) is 3.50. The molecule has 0 amide bonds. The molecule has 0 atom stereocenters.